The average molecular weight is 424 g/mol. The van der Waals surface area contributed by atoms with Crippen molar-refractivity contribution in [3.63, 3.8) is 0 Å². The average Bonchev–Trinajstić information content (AvgIpc) is 2.77. The third kappa shape index (κ3) is 4.38. The van der Waals surface area contributed by atoms with Crippen molar-refractivity contribution < 1.29 is 8.42 Å². The lowest BCUT2D eigenvalue weighted by Crippen LogP contribution is -2.47. The van der Waals surface area contributed by atoms with Gasteiger partial charge in [0, 0.05) is 31.9 Å². The smallest absolute Gasteiger partial charge is 0.262 e. The minimum Gasteiger partial charge on any atom is -0.368 e. The summed E-state index contributed by atoms with van der Waals surface area (Å²) in [5.74, 6) is 0.608. The van der Waals surface area contributed by atoms with Gasteiger partial charge in [-0.25, -0.2) is 18.4 Å². The number of rotatable bonds is 5. The minimum absolute atomic E-state index is 0.228. The summed E-state index contributed by atoms with van der Waals surface area (Å²) in [6.07, 6.45) is 3.04. The molecular weight excluding hydrogens is 398 g/mol. The van der Waals surface area contributed by atoms with Crippen LogP contribution in [0, 0.1) is 13.8 Å². The van der Waals surface area contributed by atoms with Gasteiger partial charge >= 0.3 is 0 Å². The Morgan fingerprint density at radius 1 is 0.833 bits per heavy atom. The zero-order chi connectivity index (χ0) is 21.1. The Hall–Kier alpha value is -3.13. The summed E-state index contributed by atoms with van der Waals surface area (Å²) in [5, 5.41) is 0. The summed E-state index contributed by atoms with van der Waals surface area (Å²) in [6, 6.07) is 15.4. The van der Waals surface area contributed by atoms with E-state index in [9.17, 15) is 8.42 Å². The van der Waals surface area contributed by atoms with Gasteiger partial charge in [-0.05, 0) is 49.2 Å². The zero-order valence-electron chi connectivity index (χ0n) is 17.1. The van der Waals surface area contributed by atoms with E-state index in [1.807, 2.05) is 32.0 Å². The number of aryl methyl sites for hydroxylation is 2. The summed E-state index contributed by atoms with van der Waals surface area (Å²) in [4.78, 5) is 13.4. The van der Waals surface area contributed by atoms with Crippen LogP contribution in [0.5, 0.6) is 0 Å². The number of para-hydroxylation sites is 1. The van der Waals surface area contributed by atoms with Gasteiger partial charge in [-0.1, -0.05) is 24.3 Å². The summed E-state index contributed by atoms with van der Waals surface area (Å²) >= 11 is 0. The number of piperazine rings is 1. The SMILES string of the molecule is Cc1ccc(S(=O)(=O)Nc2cnc(N3CCN(c4ccccc4)CC3)nc2)cc1C. The Morgan fingerprint density at radius 3 is 2.10 bits per heavy atom. The molecule has 0 aliphatic carbocycles. The van der Waals surface area contributed by atoms with Crippen LogP contribution in [0.2, 0.25) is 0 Å². The van der Waals surface area contributed by atoms with Crippen LogP contribution in [-0.4, -0.2) is 44.6 Å². The highest BCUT2D eigenvalue weighted by Crippen LogP contribution is 2.20. The number of nitrogens with zero attached hydrogens (tertiary/aromatic N) is 4. The first-order valence-corrected chi connectivity index (χ1v) is 11.4. The monoisotopic (exact) mass is 423 g/mol. The van der Waals surface area contributed by atoms with E-state index >= 15 is 0 Å². The summed E-state index contributed by atoms with van der Waals surface area (Å²) in [6.45, 7) is 7.23. The Morgan fingerprint density at radius 2 is 1.47 bits per heavy atom. The van der Waals surface area contributed by atoms with Crippen molar-refractivity contribution >= 4 is 27.3 Å². The molecule has 0 amide bonds. The molecule has 30 heavy (non-hydrogen) atoms. The molecular formula is C22H25N5O2S. The second-order valence-electron chi connectivity index (χ2n) is 7.43. The van der Waals surface area contributed by atoms with E-state index in [-0.39, 0.29) is 4.90 Å². The van der Waals surface area contributed by atoms with Crippen molar-refractivity contribution in [2.45, 2.75) is 18.7 Å². The Bertz CT molecular complexity index is 1110. The fourth-order valence-corrected chi connectivity index (χ4v) is 4.55. The van der Waals surface area contributed by atoms with Gasteiger partial charge in [0.25, 0.3) is 10.0 Å². The van der Waals surface area contributed by atoms with E-state index < -0.39 is 10.0 Å². The maximum atomic E-state index is 12.6. The van der Waals surface area contributed by atoms with Gasteiger partial charge in [0.05, 0.1) is 23.0 Å². The maximum absolute atomic E-state index is 12.6. The first-order valence-electron chi connectivity index (χ1n) is 9.89. The zero-order valence-corrected chi connectivity index (χ0v) is 17.9. The predicted molar refractivity (Wildman–Crippen MR) is 120 cm³/mol. The number of benzene rings is 2. The molecule has 0 unspecified atom stereocenters. The molecule has 4 rings (SSSR count). The molecule has 1 aromatic heterocycles. The fourth-order valence-electron chi connectivity index (χ4n) is 3.44. The van der Waals surface area contributed by atoms with Gasteiger partial charge in [-0.2, -0.15) is 0 Å². The lowest BCUT2D eigenvalue weighted by Gasteiger charge is -2.36. The predicted octanol–water partition coefficient (Wildman–Crippen LogP) is 3.22. The Balaban J connectivity index is 1.40. The van der Waals surface area contributed by atoms with Gasteiger partial charge in [0.2, 0.25) is 5.95 Å². The number of hydrogen-bond acceptors (Lipinski definition) is 6. The summed E-state index contributed by atoms with van der Waals surface area (Å²) < 4.78 is 27.8. The minimum atomic E-state index is -3.68. The summed E-state index contributed by atoms with van der Waals surface area (Å²) in [7, 11) is -3.68. The summed E-state index contributed by atoms with van der Waals surface area (Å²) in [5.41, 5.74) is 3.54. The van der Waals surface area contributed by atoms with Crippen molar-refractivity contribution in [3.8, 4) is 0 Å². The van der Waals surface area contributed by atoms with Crippen LogP contribution in [0.25, 0.3) is 0 Å². The van der Waals surface area contributed by atoms with Crippen LogP contribution in [0.4, 0.5) is 17.3 Å². The molecule has 0 radical (unpaired) electrons. The third-order valence-corrected chi connectivity index (χ3v) is 6.74. The van der Waals surface area contributed by atoms with Crippen LogP contribution < -0.4 is 14.5 Å². The highest BCUT2D eigenvalue weighted by atomic mass is 32.2. The van der Waals surface area contributed by atoms with Crippen LogP contribution in [0.15, 0.2) is 65.8 Å². The molecule has 0 spiro atoms. The molecule has 2 heterocycles. The molecule has 0 saturated carbocycles. The normalized spacial score (nSPS) is 14.6. The molecule has 7 nitrogen and oxygen atoms in total. The van der Waals surface area contributed by atoms with Gasteiger partial charge in [-0.3, -0.25) is 4.72 Å². The maximum Gasteiger partial charge on any atom is 0.262 e. The standard InChI is InChI=1S/C22H25N5O2S/c1-17-8-9-21(14-18(17)2)30(28,29)25-19-15-23-22(24-16-19)27-12-10-26(11-13-27)20-6-4-3-5-7-20/h3-9,14-16,25H,10-13H2,1-2H3. The Kier molecular flexibility index (Phi) is 5.59. The van der Waals surface area contributed by atoms with E-state index in [0.717, 1.165) is 37.3 Å². The molecule has 8 heteroatoms. The number of sulfonamides is 1. The number of aromatic nitrogens is 2. The highest BCUT2D eigenvalue weighted by molar-refractivity contribution is 7.92. The molecule has 1 N–H and O–H groups in total. The molecule has 0 bridgehead atoms. The van der Waals surface area contributed by atoms with E-state index in [1.165, 1.54) is 18.1 Å². The molecule has 156 valence electrons. The quantitative estimate of drug-likeness (QED) is 0.679. The van der Waals surface area contributed by atoms with Crippen molar-refractivity contribution in [2.24, 2.45) is 0 Å². The second kappa shape index (κ2) is 8.31. The van der Waals surface area contributed by atoms with Crippen molar-refractivity contribution in [3.05, 3.63) is 72.1 Å². The lowest BCUT2D eigenvalue weighted by molar-refractivity contribution is 0.601. The van der Waals surface area contributed by atoms with Gasteiger partial charge < -0.3 is 9.80 Å². The van der Waals surface area contributed by atoms with E-state index in [1.54, 1.807) is 18.2 Å². The molecule has 2 aromatic carbocycles. The van der Waals surface area contributed by atoms with Gasteiger partial charge in [0.1, 0.15) is 0 Å². The van der Waals surface area contributed by atoms with Crippen molar-refractivity contribution in [2.75, 3.05) is 40.7 Å². The van der Waals surface area contributed by atoms with Crippen LogP contribution in [-0.2, 0) is 10.0 Å². The number of hydrogen-bond donors (Lipinski definition) is 1. The molecule has 1 aliphatic rings. The van der Waals surface area contributed by atoms with Crippen molar-refractivity contribution in [1.29, 1.82) is 0 Å². The van der Waals surface area contributed by atoms with Crippen LogP contribution in [0.3, 0.4) is 0 Å². The molecule has 1 aliphatic heterocycles. The molecule has 0 atom stereocenters. The molecule has 1 saturated heterocycles. The van der Waals surface area contributed by atoms with Gasteiger partial charge in [-0.15, -0.1) is 0 Å². The fraction of sp³-hybridized carbons (Fsp3) is 0.273. The molecule has 3 aromatic rings. The van der Waals surface area contributed by atoms with Gasteiger partial charge in [0.15, 0.2) is 0 Å². The van der Waals surface area contributed by atoms with Crippen molar-refractivity contribution in [1.82, 2.24) is 9.97 Å². The lowest BCUT2D eigenvalue weighted by atomic mass is 10.1. The largest absolute Gasteiger partial charge is 0.368 e. The van der Waals surface area contributed by atoms with E-state index in [4.69, 9.17) is 0 Å². The highest BCUT2D eigenvalue weighted by Gasteiger charge is 2.20. The first-order chi connectivity index (χ1) is 14.4. The second-order valence-corrected chi connectivity index (χ2v) is 9.12. The first kappa shape index (κ1) is 20.2. The number of nitrogens with one attached hydrogen (secondary N) is 1. The Labute approximate surface area is 177 Å². The third-order valence-electron chi connectivity index (χ3n) is 5.36. The van der Waals surface area contributed by atoms with E-state index in [0.29, 0.717) is 11.6 Å². The van der Waals surface area contributed by atoms with E-state index in [2.05, 4.69) is 36.6 Å². The number of anilines is 3. The van der Waals surface area contributed by atoms with Crippen LogP contribution in [0.1, 0.15) is 11.1 Å². The van der Waals surface area contributed by atoms with Crippen LogP contribution >= 0.6 is 0 Å². The molecule has 1 fully saturated rings. The topological polar surface area (TPSA) is 78.4 Å².